The van der Waals surface area contributed by atoms with Crippen LogP contribution in [0.2, 0.25) is 0 Å². The number of hydrogen-bond acceptors (Lipinski definition) is 3. The van der Waals surface area contributed by atoms with E-state index in [9.17, 15) is 9.59 Å². The lowest BCUT2D eigenvalue weighted by Gasteiger charge is -2.15. The SMILES string of the molecule is CC#CC(=O)N(CC)CC(=O)OC. The quantitative estimate of drug-likeness (QED) is 0.458. The van der Waals surface area contributed by atoms with E-state index in [1.807, 2.05) is 0 Å². The van der Waals surface area contributed by atoms with Gasteiger partial charge < -0.3 is 9.64 Å². The van der Waals surface area contributed by atoms with Gasteiger partial charge in [-0.3, -0.25) is 9.59 Å². The molecule has 0 aromatic carbocycles. The molecule has 0 aliphatic rings. The van der Waals surface area contributed by atoms with Crippen molar-refractivity contribution in [2.45, 2.75) is 13.8 Å². The second-order valence-corrected chi connectivity index (χ2v) is 2.27. The lowest BCUT2D eigenvalue weighted by molar-refractivity contribution is -0.145. The molecule has 0 saturated heterocycles. The van der Waals surface area contributed by atoms with Gasteiger partial charge in [0, 0.05) is 6.54 Å². The van der Waals surface area contributed by atoms with Crippen LogP contribution in [0.25, 0.3) is 0 Å². The molecule has 0 aliphatic heterocycles. The van der Waals surface area contributed by atoms with Crippen LogP contribution in [-0.4, -0.2) is 37.0 Å². The summed E-state index contributed by atoms with van der Waals surface area (Å²) in [6.07, 6.45) is 0. The van der Waals surface area contributed by atoms with Crippen LogP contribution in [0.15, 0.2) is 0 Å². The second-order valence-electron chi connectivity index (χ2n) is 2.27. The summed E-state index contributed by atoms with van der Waals surface area (Å²) in [5, 5.41) is 0. The van der Waals surface area contributed by atoms with Gasteiger partial charge >= 0.3 is 5.97 Å². The Hall–Kier alpha value is -1.50. The maximum absolute atomic E-state index is 11.2. The molecule has 0 rings (SSSR count). The smallest absolute Gasteiger partial charge is 0.325 e. The minimum absolute atomic E-state index is 0.0412. The summed E-state index contributed by atoms with van der Waals surface area (Å²) < 4.78 is 4.43. The van der Waals surface area contributed by atoms with Crippen molar-refractivity contribution in [3.05, 3.63) is 0 Å². The van der Waals surface area contributed by atoms with E-state index in [-0.39, 0.29) is 12.5 Å². The summed E-state index contributed by atoms with van der Waals surface area (Å²) in [4.78, 5) is 23.3. The van der Waals surface area contributed by atoms with E-state index >= 15 is 0 Å². The molecule has 0 fully saturated rings. The van der Waals surface area contributed by atoms with Crippen LogP contribution in [0.5, 0.6) is 0 Å². The third-order valence-electron chi connectivity index (χ3n) is 1.45. The molecule has 4 nitrogen and oxygen atoms in total. The summed E-state index contributed by atoms with van der Waals surface area (Å²) in [7, 11) is 1.28. The summed E-state index contributed by atoms with van der Waals surface area (Å²) in [5.74, 6) is 4.05. The van der Waals surface area contributed by atoms with Crippen molar-refractivity contribution >= 4 is 11.9 Å². The maximum atomic E-state index is 11.2. The average Bonchev–Trinajstić information content (AvgIpc) is 2.14. The summed E-state index contributed by atoms with van der Waals surface area (Å²) >= 11 is 0. The molecule has 4 heteroatoms. The normalized spacial score (nSPS) is 8.23. The Kier molecular flexibility index (Phi) is 5.37. The molecular formula is C9H13NO3. The zero-order valence-corrected chi connectivity index (χ0v) is 8.09. The van der Waals surface area contributed by atoms with Crippen molar-refractivity contribution in [2.24, 2.45) is 0 Å². The molecule has 1 amide bonds. The molecule has 72 valence electrons. The predicted octanol–water partition coefficient (Wildman–Crippen LogP) is 0.0312. The van der Waals surface area contributed by atoms with E-state index in [2.05, 4.69) is 16.6 Å². The zero-order valence-electron chi connectivity index (χ0n) is 8.09. The van der Waals surface area contributed by atoms with E-state index in [1.54, 1.807) is 13.8 Å². The highest BCUT2D eigenvalue weighted by atomic mass is 16.5. The Morgan fingerprint density at radius 2 is 2.08 bits per heavy atom. The van der Waals surface area contributed by atoms with E-state index in [0.717, 1.165) is 0 Å². The standard InChI is InChI=1S/C9H13NO3/c1-4-6-8(11)10(5-2)7-9(12)13-3/h5,7H2,1-3H3. The number of amides is 1. The fraction of sp³-hybridized carbons (Fsp3) is 0.556. The number of hydrogen-bond donors (Lipinski definition) is 0. The third kappa shape index (κ3) is 4.16. The molecule has 0 N–H and O–H groups in total. The van der Waals surface area contributed by atoms with E-state index in [4.69, 9.17) is 0 Å². The first-order valence-electron chi connectivity index (χ1n) is 3.94. The number of nitrogens with zero attached hydrogens (tertiary/aromatic N) is 1. The zero-order chi connectivity index (χ0) is 10.3. The number of esters is 1. The first-order chi connectivity index (χ1) is 6.15. The fourth-order valence-electron chi connectivity index (χ4n) is 0.734. The monoisotopic (exact) mass is 183 g/mol. The number of methoxy groups -OCH3 is 1. The van der Waals surface area contributed by atoms with Crippen LogP contribution in [0, 0.1) is 11.8 Å². The lowest BCUT2D eigenvalue weighted by Crippen LogP contribution is -2.35. The maximum Gasteiger partial charge on any atom is 0.325 e. The van der Waals surface area contributed by atoms with Gasteiger partial charge in [0.25, 0.3) is 5.91 Å². The number of likely N-dealkylation sites (N-methyl/N-ethyl adjacent to an activating group) is 1. The lowest BCUT2D eigenvalue weighted by atomic mass is 10.4. The molecule has 0 spiro atoms. The molecule has 0 aromatic heterocycles. The first-order valence-corrected chi connectivity index (χ1v) is 3.94. The minimum atomic E-state index is -0.437. The van der Waals surface area contributed by atoms with E-state index in [0.29, 0.717) is 6.54 Å². The number of carbonyl (C=O) groups excluding carboxylic acids is 2. The van der Waals surface area contributed by atoms with Crippen LogP contribution in [0.1, 0.15) is 13.8 Å². The van der Waals surface area contributed by atoms with Gasteiger partial charge in [-0.15, -0.1) is 0 Å². The van der Waals surface area contributed by atoms with Gasteiger partial charge in [-0.1, -0.05) is 5.92 Å². The molecule has 13 heavy (non-hydrogen) atoms. The van der Waals surface area contributed by atoms with Gasteiger partial charge in [-0.2, -0.15) is 0 Å². The van der Waals surface area contributed by atoms with Crippen molar-refractivity contribution < 1.29 is 14.3 Å². The molecule has 0 saturated carbocycles. The van der Waals surface area contributed by atoms with Crippen molar-refractivity contribution in [2.75, 3.05) is 20.2 Å². The number of rotatable bonds is 3. The largest absolute Gasteiger partial charge is 0.468 e. The van der Waals surface area contributed by atoms with E-state index in [1.165, 1.54) is 12.0 Å². The highest BCUT2D eigenvalue weighted by Gasteiger charge is 2.12. The van der Waals surface area contributed by atoms with Crippen LogP contribution in [0.3, 0.4) is 0 Å². The van der Waals surface area contributed by atoms with Crippen molar-refractivity contribution in [3.8, 4) is 11.8 Å². The molecular weight excluding hydrogens is 170 g/mol. The van der Waals surface area contributed by atoms with Crippen LogP contribution in [0.4, 0.5) is 0 Å². The Labute approximate surface area is 77.9 Å². The minimum Gasteiger partial charge on any atom is -0.468 e. The first kappa shape index (κ1) is 11.5. The van der Waals surface area contributed by atoms with Gasteiger partial charge in [0.05, 0.1) is 7.11 Å². The van der Waals surface area contributed by atoms with Gasteiger partial charge in [0.1, 0.15) is 6.54 Å². The van der Waals surface area contributed by atoms with Gasteiger partial charge in [0.2, 0.25) is 0 Å². The molecule has 0 radical (unpaired) electrons. The fourth-order valence-corrected chi connectivity index (χ4v) is 0.734. The predicted molar refractivity (Wildman–Crippen MR) is 47.7 cm³/mol. The number of ether oxygens (including phenoxy) is 1. The van der Waals surface area contributed by atoms with Crippen LogP contribution in [-0.2, 0) is 14.3 Å². The summed E-state index contributed by atoms with van der Waals surface area (Å²) in [5.41, 5.74) is 0. The summed E-state index contributed by atoms with van der Waals surface area (Å²) in [6.45, 7) is 3.76. The Morgan fingerprint density at radius 3 is 2.46 bits per heavy atom. The molecule has 0 aliphatic carbocycles. The van der Waals surface area contributed by atoms with E-state index < -0.39 is 5.97 Å². The number of carbonyl (C=O) groups is 2. The molecule has 0 aromatic rings. The molecule has 0 atom stereocenters. The van der Waals surface area contributed by atoms with Gasteiger partial charge in [-0.05, 0) is 19.8 Å². The third-order valence-corrected chi connectivity index (χ3v) is 1.45. The highest BCUT2D eigenvalue weighted by Crippen LogP contribution is 1.89. The van der Waals surface area contributed by atoms with Gasteiger partial charge in [-0.25, -0.2) is 0 Å². The van der Waals surface area contributed by atoms with Crippen molar-refractivity contribution in [3.63, 3.8) is 0 Å². The highest BCUT2D eigenvalue weighted by molar-refractivity contribution is 5.95. The average molecular weight is 183 g/mol. The molecule has 0 unspecified atom stereocenters. The van der Waals surface area contributed by atoms with Crippen molar-refractivity contribution in [1.82, 2.24) is 4.90 Å². The Morgan fingerprint density at radius 1 is 1.46 bits per heavy atom. The van der Waals surface area contributed by atoms with Gasteiger partial charge in [0.15, 0.2) is 0 Å². The Bertz CT molecular complexity index is 249. The van der Waals surface area contributed by atoms with Crippen LogP contribution < -0.4 is 0 Å². The second kappa shape index (κ2) is 6.06. The topological polar surface area (TPSA) is 46.6 Å². The Balaban J connectivity index is 4.23. The van der Waals surface area contributed by atoms with Crippen LogP contribution >= 0.6 is 0 Å². The van der Waals surface area contributed by atoms with Crippen molar-refractivity contribution in [1.29, 1.82) is 0 Å². The summed E-state index contributed by atoms with van der Waals surface area (Å²) in [6, 6.07) is 0. The molecule has 0 bridgehead atoms. The molecule has 0 heterocycles.